The number of aryl methyl sites for hydroxylation is 1. The summed E-state index contributed by atoms with van der Waals surface area (Å²) in [5.74, 6) is -1.37. The minimum absolute atomic E-state index is 0.0320. The van der Waals surface area contributed by atoms with Gasteiger partial charge in [0.05, 0.1) is 24.2 Å². The largest absolute Gasteiger partial charge is 0.497 e. The van der Waals surface area contributed by atoms with Crippen LogP contribution in [0.1, 0.15) is 40.6 Å². The molecule has 156 valence electrons. The second-order valence-corrected chi connectivity index (χ2v) is 9.71. The number of hydrogen-bond donors (Lipinski definition) is 1. The summed E-state index contributed by atoms with van der Waals surface area (Å²) in [6.07, 6.45) is 3.58. The minimum Gasteiger partial charge on any atom is -0.497 e. The van der Waals surface area contributed by atoms with Crippen molar-refractivity contribution in [3.8, 4) is 5.75 Å². The molecule has 9 heteroatoms. The van der Waals surface area contributed by atoms with Gasteiger partial charge in [0.25, 0.3) is 0 Å². The molecule has 0 radical (unpaired) electrons. The predicted octanol–water partition coefficient (Wildman–Crippen LogP) is 3.22. The number of nitrogens with one attached hydrogen (secondary N) is 1. The Hall–Kier alpha value is -2.39. The number of thiophene rings is 1. The summed E-state index contributed by atoms with van der Waals surface area (Å²) in [7, 11) is -2.34. The van der Waals surface area contributed by atoms with Gasteiger partial charge < -0.3 is 14.8 Å². The van der Waals surface area contributed by atoms with Crippen LogP contribution in [-0.2, 0) is 32.2 Å². The number of fused-ring (bicyclic) bond motifs is 1. The van der Waals surface area contributed by atoms with Crippen LogP contribution in [0.15, 0.2) is 29.2 Å². The maximum Gasteiger partial charge on any atom is 0.341 e. The van der Waals surface area contributed by atoms with Crippen LogP contribution in [-0.4, -0.2) is 39.8 Å². The summed E-state index contributed by atoms with van der Waals surface area (Å²) < 4.78 is 35.3. The number of carbonyl (C=O) groups excluding carboxylic acids is 2. The molecule has 1 amide bonds. The molecule has 1 heterocycles. The molecule has 0 saturated heterocycles. The molecular formula is C20H23NO6S2. The number of anilines is 1. The third-order valence-electron chi connectivity index (χ3n) is 4.64. The van der Waals surface area contributed by atoms with Gasteiger partial charge in [-0.1, -0.05) is 0 Å². The zero-order valence-corrected chi connectivity index (χ0v) is 18.0. The van der Waals surface area contributed by atoms with Crippen molar-refractivity contribution in [1.29, 1.82) is 0 Å². The third-order valence-corrected chi connectivity index (χ3v) is 7.48. The molecule has 1 N–H and O–H groups in total. The topological polar surface area (TPSA) is 98.8 Å². The van der Waals surface area contributed by atoms with E-state index in [0.29, 0.717) is 16.3 Å². The smallest absolute Gasteiger partial charge is 0.341 e. The summed E-state index contributed by atoms with van der Waals surface area (Å²) in [4.78, 5) is 26.0. The third kappa shape index (κ3) is 4.79. The normalized spacial score (nSPS) is 13.4. The van der Waals surface area contributed by atoms with Gasteiger partial charge in [-0.15, -0.1) is 11.3 Å². The first-order valence-electron chi connectivity index (χ1n) is 9.34. The molecule has 0 bridgehead atoms. The molecule has 0 atom stereocenters. The molecule has 1 aliphatic rings. The van der Waals surface area contributed by atoms with Crippen molar-refractivity contribution in [3.05, 3.63) is 40.3 Å². The van der Waals surface area contributed by atoms with Crippen LogP contribution >= 0.6 is 11.3 Å². The Bertz CT molecular complexity index is 1010. The molecule has 3 rings (SSSR count). The number of rotatable bonds is 7. The maximum atomic E-state index is 12.6. The van der Waals surface area contributed by atoms with Crippen LogP contribution in [0.4, 0.5) is 5.00 Å². The van der Waals surface area contributed by atoms with Gasteiger partial charge in [-0.3, -0.25) is 4.79 Å². The molecule has 0 spiro atoms. The second-order valence-electron chi connectivity index (χ2n) is 6.62. The molecule has 0 fully saturated rings. The van der Waals surface area contributed by atoms with Crippen LogP contribution in [0.25, 0.3) is 0 Å². The number of methoxy groups -OCH3 is 1. The lowest BCUT2D eigenvalue weighted by Crippen LogP contribution is -2.23. The maximum absolute atomic E-state index is 12.6. The van der Waals surface area contributed by atoms with Gasteiger partial charge in [-0.25, -0.2) is 13.2 Å². The quantitative estimate of drug-likeness (QED) is 0.668. The van der Waals surface area contributed by atoms with E-state index >= 15 is 0 Å². The van der Waals surface area contributed by atoms with E-state index in [2.05, 4.69) is 5.32 Å². The van der Waals surface area contributed by atoms with Crippen LogP contribution in [0.3, 0.4) is 0 Å². The highest BCUT2D eigenvalue weighted by Crippen LogP contribution is 2.38. The number of benzene rings is 1. The first-order valence-corrected chi connectivity index (χ1v) is 11.8. The van der Waals surface area contributed by atoms with Crippen molar-refractivity contribution in [3.63, 3.8) is 0 Å². The van der Waals surface area contributed by atoms with E-state index in [4.69, 9.17) is 9.47 Å². The fraction of sp³-hybridized carbons (Fsp3) is 0.400. The molecule has 1 aliphatic carbocycles. The van der Waals surface area contributed by atoms with Gasteiger partial charge in [0.1, 0.15) is 16.5 Å². The molecule has 1 aromatic carbocycles. The van der Waals surface area contributed by atoms with Crippen LogP contribution in [0.2, 0.25) is 0 Å². The number of esters is 1. The highest BCUT2D eigenvalue weighted by molar-refractivity contribution is 7.92. The predicted molar refractivity (Wildman–Crippen MR) is 111 cm³/mol. The number of amides is 1. The summed E-state index contributed by atoms with van der Waals surface area (Å²) >= 11 is 1.33. The lowest BCUT2D eigenvalue weighted by molar-refractivity contribution is -0.113. The summed E-state index contributed by atoms with van der Waals surface area (Å²) in [5.41, 5.74) is 1.27. The Kier molecular flexibility index (Phi) is 6.59. The van der Waals surface area contributed by atoms with E-state index in [1.165, 1.54) is 42.7 Å². The molecule has 2 aromatic rings. The van der Waals surface area contributed by atoms with Crippen molar-refractivity contribution in [2.75, 3.05) is 24.8 Å². The highest BCUT2D eigenvalue weighted by Gasteiger charge is 2.28. The SMILES string of the molecule is CCOC(=O)c1c(NC(=O)CS(=O)(=O)c2ccc(OC)cc2)sc2c1CCCC2. The van der Waals surface area contributed by atoms with E-state index in [1.807, 2.05) is 0 Å². The fourth-order valence-corrected chi connectivity index (χ4v) is 5.70. The van der Waals surface area contributed by atoms with Crippen molar-refractivity contribution in [2.24, 2.45) is 0 Å². The Morgan fingerprint density at radius 1 is 1.14 bits per heavy atom. The van der Waals surface area contributed by atoms with Crippen LogP contribution in [0.5, 0.6) is 5.75 Å². The Balaban J connectivity index is 1.81. The lowest BCUT2D eigenvalue weighted by Gasteiger charge is -2.12. The van der Waals surface area contributed by atoms with Crippen molar-refractivity contribution < 1.29 is 27.5 Å². The van der Waals surface area contributed by atoms with Gasteiger partial charge in [-0.2, -0.15) is 0 Å². The Morgan fingerprint density at radius 2 is 1.83 bits per heavy atom. The van der Waals surface area contributed by atoms with Crippen LogP contribution < -0.4 is 10.1 Å². The Morgan fingerprint density at radius 3 is 2.48 bits per heavy atom. The minimum atomic E-state index is -3.83. The standard InChI is InChI=1S/C20H23NO6S2/c1-3-27-20(23)18-15-6-4-5-7-16(15)28-19(18)21-17(22)12-29(24,25)14-10-8-13(26-2)9-11-14/h8-11H,3-7,12H2,1-2H3,(H,21,22). The fourth-order valence-electron chi connectivity index (χ4n) is 3.27. The molecule has 29 heavy (non-hydrogen) atoms. The second kappa shape index (κ2) is 8.96. The first-order chi connectivity index (χ1) is 13.9. The average Bonchev–Trinajstić information content (AvgIpc) is 3.05. The zero-order chi connectivity index (χ0) is 21.0. The van der Waals surface area contributed by atoms with E-state index in [-0.39, 0.29) is 11.5 Å². The highest BCUT2D eigenvalue weighted by atomic mass is 32.2. The number of carbonyl (C=O) groups is 2. The summed E-state index contributed by atoms with van der Waals surface area (Å²) in [5, 5.41) is 3.00. The molecule has 0 unspecified atom stereocenters. The van der Waals surface area contributed by atoms with Gasteiger partial charge in [0.2, 0.25) is 5.91 Å². The van der Waals surface area contributed by atoms with Gasteiger partial charge in [0.15, 0.2) is 9.84 Å². The van der Waals surface area contributed by atoms with Crippen molar-refractivity contribution >= 4 is 38.1 Å². The molecular weight excluding hydrogens is 414 g/mol. The van der Waals surface area contributed by atoms with Crippen molar-refractivity contribution in [2.45, 2.75) is 37.5 Å². The van der Waals surface area contributed by atoms with E-state index in [0.717, 1.165) is 36.1 Å². The van der Waals surface area contributed by atoms with E-state index in [1.54, 1.807) is 6.92 Å². The lowest BCUT2D eigenvalue weighted by atomic mass is 9.95. The van der Waals surface area contributed by atoms with Gasteiger partial charge in [0, 0.05) is 4.88 Å². The number of hydrogen-bond acceptors (Lipinski definition) is 7. The van der Waals surface area contributed by atoms with Gasteiger partial charge >= 0.3 is 5.97 Å². The molecule has 0 aliphatic heterocycles. The monoisotopic (exact) mass is 437 g/mol. The number of ether oxygens (including phenoxy) is 2. The first kappa shape index (κ1) is 21.3. The zero-order valence-electron chi connectivity index (χ0n) is 16.3. The van der Waals surface area contributed by atoms with E-state index < -0.39 is 27.5 Å². The number of sulfone groups is 1. The van der Waals surface area contributed by atoms with E-state index in [9.17, 15) is 18.0 Å². The average molecular weight is 438 g/mol. The van der Waals surface area contributed by atoms with Crippen molar-refractivity contribution in [1.82, 2.24) is 0 Å². The molecule has 0 saturated carbocycles. The summed E-state index contributed by atoms with van der Waals surface area (Å²) in [6.45, 7) is 1.94. The summed E-state index contributed by atoms with van der Waals surface area (Å²) in [6, 6.07) is 5.85. The van der Waals surface area contributed by atoms with Gasteiger partial charge in [-0.05, 0) is 62.4 Å². The molecule has 7 nitrogen and oxygen atoms in total. The van der Waals surface area contributed by atoms with Crippen LogP contribution in [0, 0.1) is 0 Å². The Labute approximate surface area is 173 Å². The molecule has 1 aromatic heterocycles.